The van der Waals surface area contributed by atoms with E-state index in [1.807, 2.05) is 13.0 Å². The Morgan fingerprint density at radius 1 is 1.27 bits per heavy atom. The predicted octanol–water partition coefficient (Wildman–Crippen LogP) is 2.23. The minimum Gasteiger partial charge on any atom is -0.317 e. The molecule has 0 radical (unpaired) electrons. The topological polar surface area (TPSA) is 61.4 Å². The summed E-state index contributed by atoms with van der Waals surface area (Å²) in [4.78, 5) is 0. The van der Waals surface area contributed by atoms with Crippen LogP contribution in [0.2, 0.25) is 0 Å². The molecule has 2 aliphatic heterocycles. The molecule has 2 unspecified atom stereocenters. The van der Waals surface area contributed by atoms with Crippen LogP contribution in [0.15, 0.2) is 18.2 Å². The zero-order valence-corrected chi connectivity index (χ0v) is 16.5. The molecule has 1 saturated heterocycles. The van der Waals surface area contributed by atoms with Gasteiger partial charge in [-0.3, -0.25) is 4.31 Å². The van der Waals surface area contributed by atoms with Crippen LogP contribution in [0.5, 0.6) is 0 Å². The minimum atomic E-state index is -3.16. The third kappa shape index (κ3) is 3.78. The standard InChI is InChI=1S/C20H31N3O2S/c1-2-11-26(24,25)23-10-7-17-12-16(3-4-20(17)23)18-13-19(18)22-14-15-5-8-21-9-6-15/h3-4,12,15,18-19,21-22H,2,5-11,13-14H2,1H3. The molecule has 26 heavy (non-hydrogen) atoms. The van der Waals surface area contributed by atoms with Crippen LogP contribution in [0.25, 0.3) is 0 Å². The summed E-state index contributed by atoms with van der Waals surface area (Å²) in [5.41, 5.74) is 3.48. The summed E-state index contributed by atoms with van der Waals surface area (Å²) < 4.78 is 26.5. The molecule has 5 nitrogen and oxygen atoms in total. The molecule has 0 amide bonds. The average Bonchev–Trinajstić information content (AvgIpc) is 3.29. The average molecular weight is 378 g/mol. The number of benzene rings is 1. The number of anilines is 1. The monoisotopic (exact) mass is 377 g/mol. The highest BCUT2D eigenvalue weighted by Gasteiger charge is 2.39. The maximum atomic E-state index is 12.4. The molecule has 2 N–H and O–H groups in total. The molecule has 2 heterocycles. The molecule has 3 aliphatic rings. The number of hydrogen-bond donors (Lipinski definition) is 2. The quantitative estimate of drug-likeness (QED) is 0.765. The van der Waals surface area contributed by atoms with Crippen molar-refractivity contribution in [1.82, 2.24) is 10.6 Å². The zero-order valence-electron chi connectivity index (χ0n) is 15.7. The predicted molar refractivity (Wildman–Crippen MR) is 106 cm³/mol. The van der Waals surface area contributed by atoms with Crippen LogP contribution in [0.3, 0.4) is 0 Å². The van der Waals surface area contributed by atoms with Gasteiger partial charge in [-0.1, -0.05) is 19.1 Å². The van der Waals surface area contributed by atoms with Crippen molar-refractivity contribution in [3.8, 4) is 0 Å². The molecule has 1 saturated carbocycles. The Labute approximate surface area is 157 Å². The first-order valence-electron chi connectivity index (χ1n) is 10.2. The summed E-state index contributed by atoms with van der Waals surface area (Å²) in [6, 6.07) is 7.04. The molecule has 6 heteroatoms. The number of sulfonamides is 1. The van der Waals surface area contributed by atoms with E-state index in [1.165, 1.54) is 30.4 Å². The van der Waals surface area contributed by atoms with Gasteiger partial charge in [0.2, 0.25) is 10.0 Å². The van der Waals surface area contributed by atoms with Crippen molar-refractivity contribution in [2.24, 2.45) is 5.92 Å². The largest absolute Gasteiger partial charge is 0.317 e. The Kier molecular flexibility index (Phi) is 5.26. The summed E-state index contributed by atoms with van der Waals surface area (Å²) in [7, 11) is -3.16. The Morgan fingerprint density at radius 3 is 2.85 bits per heavy atom. The lowest BCUT2D eigenvalue weighted by Gasteiger charge is -2.23. The summed E-state index contributed by atoms with van der Waals surface area (Å²) >= 11 is 0. The summed E-state index contributed by atoms with van der Waals surface area (Å²) in [5.74, 6) is 1.65. The van der Waals surface area contributed by atoms with Crippen molar-refractivity contribution in [3.63, 3.8) is 0 Å². The summed E-state index contributed by atoms with van der Waals surface area (Å²) in [5, 5.41) is 7.18. The first-order chi connectivity index (χ1) is 12.6. The van der Waals surface area contributed by atoms with E-state index in [2.05, 4.69) is 22.8 Å². The number of hydrogen-bond acceptors (Lipinski definition) is 4. The maximum Gasteiger partial charge on any atom is 0.235 e. The van der Waals surface area contributed by atoms with Crippen LogP contribution in [0.4, 0.5) is 5.69 Å². The van der Waals surface area contributed by atoms with Gasteiger partial charge in [0.1, 0.15) is 0 Å². The van der Waals surface area contributed by atoms with Crippen molar-refractivity contribution in [2.75, 3.05) is 36.2 Å². The van der Waals surface area contributed by atoms with Crippen molar-refractivity contribution in [3.05, 3.63) is 29.3 Å². The Balaban J connectivity index is 1.37. The number of fused-ring (bicyclic) bond motifs is 1. The highest BCUT2D eigenvalue weighted by atomic mass is 32.2. The number of rotatable bonds is 7. The molecule has 1 aliphatic carbocycles. The third-order valence-electron chi connectivity index (χ3n) is 6.10. The Bertz CT molecular complexity index is 743. The molecule has 0 spiro atoms. The fraction of sp³-hybridized carbons (Fsp3) is 0.700. The van der Waals surface area contributed by atoms with Gasteiger partial charge < -0.3 is 10.6 Å². The number of piperidine rings is 1. The van der Waals surface area contributed by atoms with Crippen LogP contribution in [0.1, 0.15) is 49.7 Å². The first kappa shape index (κ1) is 18.3. The van der Waals surface area contributed by atoms with Crippen LogP contribution < -0.4 is 14.9 Å². The molecule has 4 rings (SSSR count). The smallest absolute Gasteiger partial charge is 0.235 e. The summed E-state index contributed by atoms with van der Waals surface area (Å²) in [6.45, 7) is 5.97. The molecular weight excluding hydrogens is 346 g/mol. The molecule has 0 bridgehead atoms. The van der Waals surface area contributed by atoms with Gasteiger partial charge in [-0.05, 0) is 74.8 Å². The first-order valence-corrected chi connectivity index (χ1v) is 11.8. The molecule has 1 aromatic carbocycles. The molecule has 2 fully saturated rings. The van der Waals surface area contributed by atoms with Crippen LogP contribution in [-0.4, -0.2) is 46.4 Å². The van der Waals surface area contributed by atoms with E-state index in [-0.39, 0.29) is 5.75 Å². The van der Waals surface area contributed by atoms with Gasteiger partial charge in [0, 0.05) is 18.5 Å². The SMILES string of the molecule is CCCS(=O)(=O)N1CCc2cc(C3CC3NCC3CCNCC3)ccc21. The van der Waals surface area contributed by atoms with Gasteiger partial charge >= 0.3 is 0 Å². The van der Waals surface area contributed by atoms with Crippen LogP contribution >= 0.6 is 0 Å². The van der Waals surface area contributed by atoms with Crippen molar-refractivity contribution < 1.29 is 8.42 Å². The number of nitrogens with one attached hydrogen (secondary N) is 2. The summed E-state index contributed by atoms with van der Waals surface area (Å²) in [6.07, 6.45) is 5.28. The van der Waals surface area contributed by atoms with E-state index in [0.29, 0.717) is 24.9 Å². The highest BCUT2D eigenvalue weighted by Crippen LogP contribution is 2.43. The van der Waals surface area contributed by atoms with Gasteiger partial charge in [-0.15, -0.1) is 0 Å². The third-order valence-corrected chi connectivity index (χ3v) is 8.08. The second-order valence-electron chi connectivity index (χ2n) is 8.08. The fourth-order valence-electron chi connectivity index (χ4n) is 4.47. The van der Waals surface area contributed by atoms with Gasteiger partial charge in [-0.2, -0.15) is 0 Å². The lowest BCUT2D eigenvalue weighted by atomic mass is 9.98. The van der Waals surface area contributed by atoms with E-state index in [4.69, 9.17) is 0 Å². The van der Waals surface area contributed by atoms with E-state index in [1.54, 1.807) is 4.31 Å². The van der Waals surface area contributed by atoms with Crippen molar-refractivity contribution in [1.29, 1.82) is 0 Å². The number of nitrogens with zero attached hydrogens (tertiary/aromatic N) is 1. The highest BCUT2D eigenvalue weighted by molar-refractivity contribution is 7.92. The van der Waals surface area contributed by atoms with Gasteiger partial charge in [0.25, 0.3) is 0 Å². The lowest BCUT2D eigenvalue weighted by Crippen LogP contribution is -2.34. The second kappa shape index (κ2) is 7.49. The van der Waals surface area contributed by atoms with E-state index < -0.39 is 10.0 Å². The van der Waals surface area contributed by atoms with E-state index in [9.17, 15) is 8.42 Å². The van der Waals surface area contributed by atoms with Crippen LogP contribution in [0, 0.1) is 5.92 Å². The van der Waals surface area contributed by atoms with Gasteiger partial charge in [0.15, 0.2) is 0 Å². The minimum absolute atomic E-state index is 0.236. The normalized spacial score (nSPS) is 26.1. The molecular formula is C20H31N3O2S. The van der Waals surface area contributed by atoms with E-state index >= 15 is 0 Å². The second-order valence-corrected chi connectivity index (χ2v) is 10.1. The fourth-order valence-corrected chi connectivity index (χ4v) is 6.06. The van der Waals surface area contributed by atoms with Crippen molar-refractivity contribution in [2.45, 2.75) is 51.0 Å². The Hall–Kier alpha value is -1.11. The van der Waals surface area contributed by atoms with Crippen LogP contribution in [-0.2, 0) is 16.4 Å². The molecule has 2 atom stereocenters. The lowest BCUT2D eigenvalue weighted by molar-refractivity contribution is 0.355. The van der Waals surface area contributed by atoms with Gasteiger partial charge in [-0.25, -0.2) is 8.42 Å². The maximum absolute atomic E-state index is 12.4. The molecule has 144 valence electrons. The van der Waals surface area contributed by atoms with Crippen molar-refractivity contribution >= 4 is 15.7 Å². The van der Waals surface area contributed by atoms with E-state index in [0.717, 1.165) is 37.7 Å². The van der Waals surface area contributed by atoms with Gasteiger partial charge in [0.05, 0.1) is 11.4 Å². The molecule has 1 aromatic rings. The Morgan fingerprint density at radius 2 is 2.08 bits per heavy atom. The zero-order chi connectivity index (χ0) is 18.1. The molecule has 0 aromatic heterocycles.